The molecule has 1 saturated heterocycles. The van der Waals surface area contributed by atoms with Crippen LogP contribution in [0.4, 0.5) is 8.78 Å². The van der Waals surface area contributed by atoms with Crippen LogP contribution in [0.25, 0.3) is 0 Å². The first-order valence-corrected chi connectivity index (χ1v) is 8.11. The first kappa shape index (κ1) is 17.8. The van der Waals surface area contributed by atoms with Gasteiger partial charge in [0.1, 0.15) is 11.6 Å². The van der Waals surface area contributed by atoms with E-state index in [2.05, 4.69) is 6.58 Å². The van der Waals surface area contributed by atoms with Crippen molar-refractivity contribution in [1.29, 1.82) is 0 Å². The van der Waals surface area contributed by atoms with Crippen LogP contribution in [0.2, 0.25) is 0 Å². The number of hydroxylamine groups is 2. The Morgan fingerprint density at radius 2 is 1.73 bits per heavy atom. The molecule has 3 rings (SSSR count). The van der Waals surface area contributed by atoms with E-state index in [-0.39, 0.29) is 23.5 Å². The van der Waals surface area contributed by atoms with Crippen molar-refractivity contribution in [3.8, 4) is 0 Å². The fraction of sp³-hybridized carbons (Fsp3) is 0.200. The van der Waals surface area contributed by atoms with Gasteiger partial charge in [0.25, 0.3) is 5.91 Å². The Kier molecular flexibility index (Phi) is 4.84. The molecular weight excluding hydrogens is 340 g/mol. The first-order chi connectivity index (χ1) is 12.3. The lowest BCUT2D eigenvalue weighted by atomic mass is 10.0. The quantitative estimate of drug-likeness (QED) is 0.829. The van der Waals surface area contributed by atoms with Gasteiger partial charge in [-0.1, -0.05) is 18.7 Å². The molecule has 0 atom stereocenters. The zero-order chi connectivity index (χ0) is 18.8. The Balaban J connectivity index is 1.69. The SMILES string of the molecule is C=C1CCC(=O)N1OC(=O)c1ccc(Cc2cc(F)c(C)c(F)c2)cc1. The summed E-state index contributed by atoms with van der Waals surface area (Å²) in [6.07, 6.45) is 1.06. The molecule has 0 unspecified atom stereocenters. The van der Waals surface area contributed by atoms with Crippen molar-refractivity contribution in [3.05, 3.63) is 82.6 Å². The van der Waals surface area contributed by atoms with E-state index in [1.807, 2.05) is 0 Å². The first-order valence-electron chi connectivity index (χ1n) is 8.11. The normalized spacial score (nSPS) is 14.0. The molecule has 0 N–H and O–H groups in total. The van der Waals surface area contributed by atoms with Gasteiger partial charge in [0.05, 0.1) is 11.3 Å². The number of benzene rings is 2. The number of carbonyl (C=O) groups is 2. The van der Waals surface area contributed by atoms with E-state index in [1.54, 1.807) is 24.3 Å². The number of halogens is 2. The Hall–Kier alpha value is -3.02. The molecule has 1 amide bonds. The van der Waals surface area contributed by atoms with E-state index < -0.39 is 17.6 Å². The lowest BCUT2D eigenvalue weighted by Gasteiger charge is -2.15. The van der Waals surface area contributed by atoms with Crippen LogP contribution in [0.5, 0.6) is 0 Å². The van der Waals surface area contributed by atoms with Crippen LogP contribution in [0.3, 0.4) is 0 Å². The molecule has 1 aliphatic heterocycles. The molecule has 0 aromatic heterocycles. The molecule has 0 spiro atoms. The van der Waals surface area contributed by atoms with Crippen molar-refractivity contribution >= 4 is 11.9 Å². The van der Waals surface area contributed by atoms with Gasteiger partial charge in [-0.05, 0) is 55.2 Å². The van der Waals surface area contributed by atoms with Gasteiger partial charge in [-0.3, -0.25) is 4.79 Å². The molecule has 6 heteroatoms. The Morgan fingerprint density at radius 3 is 2.27 bits per heavy atom. The number of rotatable bonds is 4. The summed E-state index contributed by atoms with van der Waals surface area (Å²) in [5.41, 5.74) is 1.99. The van der Waals surface area contributed by atoms with Crippen LogP contribution in [0.1, 0.15) is 39.9 Å². The highest BCUT2D eigenvalue weighted by atomic mass is 19.1. The average molecular weight is 357 g/mol. The van der Waals surface area contributed by atoms with Gasteiger partial charge in [-0.25, -0.2) is 13.6 Å². The molecule has 1 fully saturated rings. The minimum Gasteiger partial charge on any atom is -0.328 e. The largest absolute Gasteiger partial charge is 0.363 e. The van der Waals surface area contributed by atoms with Gasteiger partial charge < -0.3 is 4.84 Å². The predicted octanol–water partition coefficient (Wildman–Crippen LogP) is 4.07. The molecule has 4 nitrogen and oxygen atoms in total. The monoisotopic (exact) mass is 357 g/mol. The average Bonchev–Trinajstić information content (AvgIpc) is 2.92. The maximum Gasteiger partial charge on any atom is 0.363 e. The van der Waals surface area contributed by atoms with E-state index >= 15 is 0 Å². The molecule has 2 aromatic rings. The van der Waals surface area contributed by atoms with Crippen LogP contribution < -0.4 is 0 Å². The Bertz CT molecular complexity index is 851. The molecule has 1 heterocycles. The molecule has 0 saturated carbocycles. The second kappa shape index (κ2) is 7.07. The van der Waals surface area contributed by atoms with Crippen molar-refractivity contribution in [1.82, 2.24) is 5.06 Å². The zero-order valence-electron chi connectivity index (χ0n) is 14.2. The van der Waals surface area contributed by atoms with E-state index in [0.717, 1.165) is 10.6 Å². The molecule has 0 radical (unpaired) electrons. The topological polar surface area (TPSA) is 46.6 Å². The maximum atomic E-state index is 13.6. The van der Waals surface area contributed by atoms with Gasteiger partial charge in [0, 0.05) is 12.0 Å². The molecule has 2 aromatic carbocycles. The lowest BCUT2D eigenvalue weighted by molar-refractivity contribution is -0.153. The summed E-state index contributed by atoms with van der Waals surface area (Å²) in [7, 11) is 0. The van der Waals surface area contributed by atoms with Crippen molar-refractivity contribution in [2.24, 2.45) is 0 Å². The van der Waals surface area contributed by atoms with Gasteiger partial charge in [-0.15, -0.1) is 5.06 Å². The lowest BCUT2D eigenvalue weighted by Crippen LogP contribution is -2.26. The number of allylic oxidation sites excluding steroid dienone is 1. The highest BCUT2D eigenvalue weighted by molar-refractivity contribution is 5.91. The fourth-order valence-corrected chi connectivity index (χ4v) is 2.68. The second-order valence-electron chi connectivity index (χ2n) is 6.19. The van der Waals surface area contributed by atoms with E-state index in [0.29, 0.717) is 24.1 Å². The van der Waals surface area contributed by atoms with Crippen LogP contribution >= 0.6 is 0 Å². The van der Waals surface area contributed by atoms with Crippen molar-refractivity contribution < 1.29 is 23.2 Å². The van der Waals surface area contributed by atoms with Crippen molar-refractivity contribution in [2.75, 3.05) is 0 Å². The summed E-state index contributed by atoms with van der Waals surface area (Å²) in [5, 5.41) is 0.925. The Labute approximate surface area is 149 Å². The number of carbonyl (C=O) groups excluding carboxylic acids is 2. The third kappa shape index (κ3) is 3.64. The highest BCUT2D eigenvalue weighted by Crippen LogP contribution is 2.22. The minimum atomic E-state index is -0.666. The molecule has 134 valence electrons. The summed E-state index contributed by atoms with van der Waals surface area (Å²) in [4.78, 5) is 28.8. The van der Waals surface area contributed by atoms with Crippen molar-refractivity contribution in [3.63, 3.8) is 0 Å². The van der Waals surface area contributed by atoms with E-state index in [9.17, 15) is 18.4 Å². The van der Waals surface area contributed by atoms with Gasteiger partial charge in [-0.2, -0.15) is 0 Å². The fourth-order valence-electron chi connectivity index (χ4n) is 2.68. The number of hydrogen-bond acceptors (Lipinski definition) is 3. The van der Waals surface area contributed by atoms with Gasteiger partial charge in [0.2, 0.25) is 0 Å². The van der Waals surface area contributed by atoms with Gasteiger partial charge in [0.15, 0.2) is 0 Å². The summed E-state index contributed by atoms with van der Waals surface area (Å²) >= 11 is 0. The molecule has 0 aliphatic carbocycles. The van der Waals surface area contributed by atoms with Crippen LogP contribution in [-0.4, -0.2) is 16.9 Å². The predicted molar refractivity (Wildman–Crippen MR) is 91.0 cm³/mol. The van der Waals surface area contributed by atoms with E-state index in [1.165, 1.54) is 19.1 Å². The van der Waals surface area contributed by atoms with Crippen LogP contribution in [0.15, 0.2) is 48.7 Å². The standard InChI is InChI=1S/C20H17F2NO3/c1-12-3-8-19(24)23(12)26-20(25)16-6-4-14(5-7-16)9-15-10-17(21)13(2)18(22)11-15/h4-7,10-11H,1,3,8-9H2,2H3. The third-order valence-corrected chi connectivity index (χ3v) is 4.25. The van der Waals surface area contributed by atoms with E-state index in [4.69, 9.17) is 4.84 Å². The number of amides is 1. The molecular formula is C20H17F2NO3. The van der Waals surface area contributed by atoms with Gasteiger partial charge >= 0.3 is 5.97 Å². The van der Waals surface area contributed by atoms with Crippen LogP contribution in [-0.2, 0) is 16.1 Å². The smallest absolute Gasteiger partial charge is 0.328 e. The Morgan fingerprint density at radius 1 is 1.12 bits per heavy atom. The van der Waals surface area contributed by atoms with Crippen molar-refractivity contribution in [2.45, 2.75) is 26.2 Å². The minimum absolute atomic E-state index is 0.00936. The summed E-state index contributed by atoms with van der Waals surface area (Å²) in [6, 6.07) is 9.03. The maximum absolute atomic E-state index is 13.6. The van der Waals surface area contributed by atoms with Crippen LogP contribution in [0, 0.1) is 18.6 Å². The third-order valence-electron chi connectivity index (χ3n) is 4.25. The molecule has 26 heavy (non-hydrogen) atoms. The number of hydrogen-bond donors (Lipinski definition) is 0. The number of nitrogens with zero attached hydrogens (tertiary/aromatic N) is 1. The summed E-state index contributed by atoms with van der Waals surface area (Å²) in [5.74, 6) is -2.14. The zero-order valence-corrected chi connectivity index (χ0v) is 14.2. The summed E-state index contributed by atoms with van der Waals surface area (Å²) < 4.78 is 27.3. The summed E-state index contributed by atoms with van der Waals surface area (Å²) in [6.45, 7) is 5.06. The molecule has 1 aliphatic rings. The molecule has 0 bridgehead atoms. The highest BCUT2D eigenvalue weighted by Gasteiger charge is 2.28. The second-order valence-corrected chi connectivity index (χ2v) is 6.19.